The van der Waals surface area contributed by atoms with Crippen molar-refractivity contribution in [2.75, 3.05) is 13.2 Å². The van der Waals surface area contributed by atoms with E-state index in [2.05, 4.69) is 5.32 Å². The van der Waals surface area contributed by atoms with Crippen molar-refractivity contribution in [2.45, 2.75) is 32.8 Å². The van der Waals surface area contributed by atoms with Crippen LogP contribution in [0.15, 0.2) is 24.3 Å². The number of hydrogen-bond acceptors (Lipinski definition) is 3. The largest absolute Gasteiger partial charge is 0.493 e. The summed E-state index contributed by atoms with van der Waals surface area (Å²) < 4.78 is 5.58. The highest BCUT2D eigenvalue weighted by Gasteiger charge is 2.03. The van der Waals surface area contributed by atoms with Crippen LogP contribution in [0.4, 0.5) is 0 Å². The Balaban J connectivity index is 2.15. The molecule has 1 aromatic rings. The van der Waals surface area contributed by atoms with Crippen LogP contribution >= 0.6 is 0 Å². The summed E-state index contributed by atoms with van der Waals surface area (Å²) in [5.74, 6) is 0.811. The highest BCUT2D eigenvalue weighted by Crippen LogP contribution is 2.16. The van der Waals surface area contributed by atoms with Crippen LogP contribution in [0.2, 0.25) is 0 Å². The van der Waals surface area contributed by atoms with E-state index in [0.717, 1.165) is 11.3 Å². The van der Waals surface area contributed by atoms with E-state index in [1.54, 1.807) is 6.92 Å². The van der Waals surface area contributed by atoms with Gasteiger partial charge in [0.15, 0.2) is 0 Å². The molecule has 0 heterocycles. The lowest BCUT2D eigenvalue weighted by atomic mass is 10.2. The second-order valence-electron chi connectivity index (χ2n) is 4.37. The first-order valence-corrected chi connectivity index (χ1v) is 6.23. The Kier molecular flexibility index (Phi) is 6.22. The maximum atomic E-state index is 11.3. The summed E-state index contributed by atoms with van der Waals surface area (Å²) in [7, 11) is 0. The molecule has 1 aromatic carbocycles. The maximum absolute atomic E-state index is 11.3. The van der Waals surface area contributed by atoms with Gasteiger partial charge in [-0.05, 0) is 31.9 Å². The van der Waals surface area contributed by atoms with Crippen LogP contribution < -0.4 is 10.1 Å². The summed E-state index contributed by atoms with van der Waals surface area (Å²) in [4.78, 5) is 11.3. The molecule has 100 valence electrons. The highest BCUT2D eigenvalue weighted by atomic mass is 16.5. The lowest BCUT2D eigenvalue weighted by Gasteiger charge is -2.09. The Morgan fingerprint density at radius 1 is 1.44 bits per heavy atom. The number of para-hydroxylation sites is 1. The molecule has 0 aromatic heterocycles. The summed E-state index contributed by atoms with van der Waals surface area (Å²) >= 11 is 0. The molecule has 2 N–H and O–H groups in total. The third-order valence-corrected chi connectivity index (χ3v) is 2.49. The highest BCUT2D eigenvalue weighted by molar-refractivity contribution is 5.75. The zero-order valence-corrected chi connectivity index (χ0v) is 11.0. The van der Waals surface area contributed by atoms with Crippen LogP contribution in [0.5, 0.6) is 5.75 Å². The lowest BCUT2D eigenvalue weighted by Crippen LogP contribution is -2.30. The average Bonchev–Trinajstić information content (AvgIpc) is 2.34. The maximum Gasteiger partial charge on any atom is 0.220 e. The fourth-order valence-corrected chi connectivity index (χ4v) is 1.48. The van der Waals surface area contributed by atoms with Crippen molar-refractivity contribution in [1.29, 1.82) is 0 Å². The molecule has 0 aliphatic heterocycles. The fraction of sp³-hybridized carbons (Fsp3) is 0.500. The van der Waals surface area contributed by atoms with Gasteiger partial charge in [-0.1, -0.05) is 18.2 Å². The summed E-state index contributed by atoms with van der Waals surface area (Å²) in [6.07, 6.45) is 0.579. The molecule has 0 saturated carbocycles. The van der Waals surface area contributed by atoms with Crippen LogP contribution in [0, 0.1) is 6.92 Å². The number of amides is 1. The van der Waals surface area contributed by atoms with E-state index >= 15 is 0 Å². The Bertz CT molecular complexity index is 377. The second-order valence-corrected chi connectivity index (χ2v) is 4.37. The van der Waals surface area contributed by atoms with Gasteiger partial charge in [-0.3, -0.25) is 4.79 Å². The van der Waals surface area contributed by atoms with E-state index in [4.69, 9.17) is 9.84 Å². The number of aliphatic hydroxyl groups is 1. The van der Waals surface area contributed by atoms with Gasteiger partial charge >= 0.3 is 0 Å². The summed E-state index contributed by atoms with van der Waals surface area (Å²) in [5.41, 5.74) is 1.09. The second kappa shape index (κ2) is 7.71. The van der Waals surface area contributed by atoms with Crippen molar-refractivity contribution in [3.05, 3.63) is 29.8 Å². The van der Waals surface area contributed by atoms with Crippen molar-refractivity contribution >= 4 is 5.91 Å². The minimum atomic E-state index is -0.503. The third-order valence-electron chi connectivity index (χ3n) is 2.49. The molecule has 1 amide bonds. The molecule has 4 heteroatoms. The van der Waals surface area contributed by atoms with E-state index in [1.807, 2.05) is 31.2 Å². The molecule has 0 fully saturated rings. The van der Waals surface area contributed by atoms with Gasteiger partial charge < -0.3 is 15.2 Å². The van der Waals surface area contributed by atoms with Crippen LogP contribution in [-0.2, 0) is 4.79 Å². The Hall–Kier alpha value is -1.55. The molecule has 4 nitrogen and oxygen atoms in total. The molecule has 1 atom stereocenters. The predicted molar refractivity (Wildman–Crippen MR) is 70.6 cm³/mol. The van der Waals surface area contributed by atoms with Crippen molar-refractivity contribution in [1.82, 2.24) is 5.32 Å². The number of ether oxygens (including phenoxy) is 1. The number of aliphatic hydroxyl groups excluding tert-OH is 1. The SMILES string of the molecule is Cc1ccccc1OCCCC(=O)NCC(C)O. The summed E-state index contributed by atoms with van der Waals surface area (Å²) in [6.45, 7) is 4.46. The Morgan fingerprint density at radius 2 is 2.17 bits per heavy atom. The van der Waals surface area contributed by atoms with Gasteiger partial charge in [-0.2, -0.15) is 0 Å². The van der Waals surface area contributed by atoms with E-state index in [-0.39, 0.29) is 5.91 Å². The Morgan fingerprint density at radius 3 is 2.83 bits per heavy atom. The smallest absolute Gasteiger partial charge is 0.220 e. The third kappa shape index (κ3) is 5.68. The molecular weight excluding hydrogens is 230 g/mol. The normalized spacial score (nSPS) is 11.9. The lowest BCUT2D eigenvalue weighted by molar-refractivity contribution is -0.121. The standard InChI is InChI=1S/C14H21NO3/c1-11-6-3-4-7-13(11)18-9-5-8-14(17)15-10-12(2)16/h3-4,6-7,12,16H,5,8-10H2,1-2H3,(H,15,17). The molecule has 1 unspecified atom stereocenters. The minimum absolute atomic E-state index is 0.0516. The zero-order valence-electron chi connectivity index (χ0n) is 11.0. The van der Waals surface area contributed by atoms with Gasteiger partial charge in [0.05, 0.1) is 12.7 Å². The van der Waals surface area contributed by atoms with Crippen molar-refractivity contribution < 1.29 is 14.6 Å². The number of carbonyl (C=O) groups is 1. The first kappa shape index (κ1) is 14.5. The molecular formula is C14H21NO3. The van der Waals surface area contributed by atoms with Gasteiger partial charge in [-0.25, -0.2) is 0 Å². The number of rotatable bonds is 7. The topological polar surface area (TPSA) is 58.6 Å². The number of hydrogen-bond donors (Lipinski definition) is 2. The number of nitrogens with one attached hydrogen (secondary N) is 1. The van der Waals surface area contributed by atoms with Crippen LogP contribution in [0.1, 0.15) is 25.3 Å². The van der Waals surface area contributed by atoms with Crippen LogP contribution in [0.25, 0.3) is 0 Å². The quantitative estimate of drug-likeness (QED) is 0.724. The molecule has 0 aliphatic carbocycles. The molecule has 0 aliphatic rings. The number of aryl methyl sites for hydroxylation is 1. The van der Waals surface area contributed by atoms with E-state index in [9.17, 15) is 4.79 Å². The van der Waals surface area contributed by atoms with Crippen LogP contribution in [-0.4, -0.2) is 30.3 Å². The Labute approximate surface area is 108 Å². The molecule has 0 spiro atoms. The molecule has 0 saturated heterocycles. The minimum Gasteiger partial charge on any atom is -0.493 e. The first-order valence-electron chi connectivity index (χ1n) is 6.23. The van der Waals surface area contributed by atoms with Crippen molar-refractivity contribution in [2.24, 2.45) is 0 Å². The first-order chi connectivity index (χ1) is 8.59. The summed E-state index contributed by atoms with van der Waals surface area (Å²) in [5, 5.41) is 11.7. The van der Waals surface area contributed by atoms with Crippen molar-refractivity contribution in [3.63, 3.8) is 0 Å². The summed E-state index contributed by atoms with van der Waals surface area (Å²) in [6, 6.07) is 7.80. The van der Waals surface area contributed by atoms with E-state index < -0.39 is 6.10 Å². The van der Waals surface area contributed by atoms with Gasteiger partial charge in [-0.15, -0.1) is 0 Å². The van der Waals surface area contributed by atoms with Gasteiger partial charge in [0.2, 0.25) is 5.91 Å². The van der Waals surface area contributed by atoms with E-state index in [1.165, 1.54) is 0 Å². The molecule has 0 radical (unpaired) electrons. The van der Waals surface area contributed by atoms with Gasteiger partial charge in [0, 0.05) is 13.0 Å². The monoisotopic (exact) mass is 251 g/mol. The zero-order chi connectivity index (χ0) is 13.4. The number of benzene rings is 1. The molecule has 0 bridgehead atoms. The fourth-order valence-electron chi connectivity index (χ4n) is 1.48. The molecule has 1 rings (SSSR count). The number of carbonyl (C=O) groups excluding carboxylic acids is 1. The van der Waals surface area contributed by atoms with Gasteiger partial charge in [0.25, 0.3) is 0 Å². The molecule has 18 heavy (non-hydrogen) atoms. The van der Waals surface area contributed by atoms with E-state index in [0.29, 0.717) is 26.0 Å². The van der Waals surface area contributed by atoms with Crippen LogP contribution in [0.3, 0.4) is 0 Å². The average molecular weight is 251 g/mol. The van der Waals surface area contributed by atoms with Crippen molar-refractivity contribution in [3.8, 4) is 5.75 Å². The predicted octanol–water partition coefficient (Wildman–Crippen LogP) is 1.65. The van der Waals surface area contributed by atoms with Gasteiger partial charge in [0.1, 0.15) is 5.75 Å².